The van der Waals surface area contributed by atoms with Crippen molar-refractivity contribution >= 4 is 5.69 Å². The molecule has 0 bridgehead atoms. The number of hydrogen-bond donors (Lipinski definition) is 1. The Balaban J connectivity index is 1.91. The summed E-state index contributed by atoms with van der Waals surface area (Å²) in [5.74, 6) is 0.705. The highest BCUT2D eigenvalue weighted by atomic mass is 16.5. The van der Waals surface area contributed by atoms with Crippen molar-refractivity contribution in [2.24, 2.45) is 0 Å². The second-order valence-corrected chi connectivity index (χ2v) is 4.63. The Kier molecular flexibility index (Phi) is 5.49. The second-order valence-electron chi connectivity index (χ2n) is 4.63. The highest BCUT2D eigenvalue weighted by Crippen LogP contribution is 2.22. The van der Waals surface area contributed by atoms with Crippen LogP contribution in [-0.4, -0.2) is 33.4 Å². The first-order valence-electron chi connectivity index (χ1n) is 7.01. The normalized spacial score (nSPS) is 10.8. The SMILES string of the molecule is CCCCOCCCn1nnnc1-c1ccccc1N. The van der Waals surface area contributed by atoms with Crippen LogP contribution in [0.1, 0.15) is 26.2 Å². The van der Waals surface area contributed by atoms with Crippen LogP contribution in [-0.2, 0) is 11.3 Å². The van der Waals surface area contributed by atoms with E-state index in [1.807, 2.05) is 24.3 Å². The van der Waals surface area contributed by atoms with Crippen LogP contribution < -0.4 is 5.73 Å². The molecule has 0 atom stereocenters. The number of anilines is 1. The molecule has 2 N–H and O–H groups in total. The molecule has 0 aliphatic rings. The van der Waals surface area contributed by atoms with Crippen molar-refractivity contribution in [1.82, 2.24) is 20.2 Å². The molecule has 1 aromatic heterocycles. The first kappa shape index (κ1) is 14.5. The number of tetrazole rings is 1. The molecule has 0 spiro atoms. The molecule has 0 amide bonds. The number of hydrogen-bond acceptors (Lipinski definition) is 5. The number of para-hydroxylation sites is 1. The van der Waals surface area contributed by atoms with E-state index in [1.165, 1.54) is 0 Å². The predicted octanol–water partition coefficient (Wildman–Crippen LogP) is 2.13. The van der Waals surface area contributed by atoms with Gasteiger partial charge in [-0.15, -0.1) is 5.10 Å². The molecule has 0 aliphatic carbocycles. The summed E-state index contributed by atoms with van der Waals surface area (Å²) in [5.41, 5.74) is 7.51. The minimum Gasteiger partial charge on any atom is -0.398 e. The molecule has 0 saturated carbocycles. The molecule has 6 nitrogen and oxygen atoms in total. The van der Waals surface area contributed by atoms with Gasteiger partial charge in [0.15, 0.2) is 5.82 Å². The highest BCUT2D eigenvalue weighted by Gasteiger charge is 2.10. The van der Waals surface area contributed by atoms with Crippen LogP contribution in [0.5, 0.6) is 0 Å². The Morgan fingerprint density at radius 1 is 1.20 bits per heavy atom. The average Bonchev–Trinajstić information content (AvgIpc) is 2.91. The lowest BCUT2D eigenvalue weighted by molar-refractivity contribution is 0.125. The van der Waals surface area contributed by atoms with Crippen molar-refractivity contribution in [1.29, 1.82) is 0 Å². The third kappa shape index (κ3) is 3.77. The maximum absolute atomic E-state index is 5.96. The zero-order chi connectivity index (χ0) is 14.2. The molecule has 108 valence electrons. The van der Waals surface area contributed by atoms with Crippen molar-refractivity contribution in [2.45, 2.75) is 32.7 Å². The number of aryl methyl sites for hydroxylation is 1. The standard InChI is InChI=1S/C14H21N5O/c1-2-3-10-20-11-6-9-19-14(16-17-18-19)12-7-4-5-8-13(12)15/h4-5,7-8H,2-3,6,9-11,15H2,1H3. The zero-order valence-electron chi connectivity index (χ0n) is 11.8. The molecule has 0 aliphatic heterocycles. The van der Waals surface area contributed by atoms with E-state index in [2.05, 4.69) is 22.4 Å². The monoisotopic (exact) mass is 275 g/mol. The summed E-state index contributed by atoms with van der Waals surface area (Å²) in [5, 5.41) is 11.8. The van der Waals surface area contributed by atoms with E-state index in [0.29, 0.717) is 11.5 Å². The van der Waals surface area contributed by atoms with Crippen molar-refractivity contribution in [2.75, 3.05) is 18.9 Å². The summed E-state index contributed by atoms with van der Waals surface area (Å²) in [6, 6.07) is 7.60. The second kappa shape index (κ2) is 7.59. The van der Waals surface area contributed by atoms with Crippen LogP contribution in [0, 0.1) is 0 Å². The molecular formula is C14H21N5O. The average molecular weight is 275 g/mol. The lowest BCUT2D eigenvalue weighted by Gasteiger charge is -2.07. The molecular weight excluding hydrogens is 254 g/mol. The predicted molar refractivity (Wildman–Crippen MR) is 78.0 cm³/mol. The van der Waals surface area contributed by atoms with E-state index in [1.54, 1.807) is 4.68 Å². The number of nitrogens with two attached hydrogens (primary N) is 1. The van der Waals surface area contributed by atoms with Crippen molar-refractivity contribution in [3.05, 3.63) is 24.3 Å². The highest BCUT2D eigenvalue weighted by molar-refractivity contribution is 5.70. The van der Waals surface area contributed by atoms with Gasteiger partial charge in [0.05, 0.1) is 0 Å². The van der Waals surface area contributed by atoms with Crippen LogP contribution in [0.2, 0.25) is 0 Å². The quantitative estimate of drug-likeness (QED) is 0.589. The molecule has 0 unspecified atom stereocenters. The Labute approximate surface area is 118 Å². The smallest absolute Gasteiger partial charge is 0.184 e. The fraction of sp³-hybridized carbons (Fsp3) is 0.500. The number of benzene rings is 1. The van der Waals surface area contributed by atoms with Crippen molar-refractivity contribution in [3.63, 3.8) is 0 Å². The van der Waals surface area contributed by atoms with Crippen LogP contribution in [0.15, 0.2) is 24.3 Å². The summed E-state index contributed by atoms with van der Waals surface area (Å²) in [4.78, 5) is 0. The van der Waals surface area contributed by atoms with Gasteiger partial charge in [-0.1, -0.05) is 25.5 Å². The van der Waals surface area contributed by atoms with Crippen LogP contribution in [0.4, 0.5) is 5.69 Å². The largest absolute Gasteiger partial charge is 0.398 e. The van der Waals surface area contributed by atoms with Crippen molar-refractivity contribution < 1.29 is 4.74 Å². The number of rotatable bonds is 8. The fourth-order valence-corrected chi connectivity index (χ4v) is 1.91. The van der Waals surface area contributed by atoms with Crippen LogP contribution in [0.3, 0.4) is 0 Å². The van der Waals surface area contributed by atoms with Gasteiger partial charge in [0.25, 0.3) is 0 Å². The summed E-state index contributed by atoms with van der Waals surface area (Å²) in [6.45, 7) is 4.43. The van der Waals surface area contributed by atoms with Crippen LogP contribution >= 0.6 is 0 Å². The third-order valence-corrected chi connectivity index (χ3v) is 3.03. The molecule has 6 heteroatoms. The third-order valence-electron chi connectivity index (χ3n) is 3.03. The number of nitrogens with zero attached hydrogens (tertiary/aromatic N) is 4. The minimum atomic E-state index is 0.683. The Hall–Kier alpha value is -1.95. The van der Waals surface area contributed by atoms with E-state index < -0.39 is 0 Å². The number of unbranched alkanes of at least 4 members (excludes halogenated alkanes) is 1. The van der Waals surface area contributed by atoms with Gasteiger partial charge < -0.3 is 10.5 Å². The van der Waals surface area contributed by atoms with Crippen molar-refractivity contribution in [3.8, 4) is 11.4 Å². The topological polar surface area (TPSA) is 78.8 Å². The van der Waals surface area contributed by atoms with Gasteiger partial charge in [0.2, 0.25) is 0 Å². The summed E-state index contributed by atoms with van der Waals surface area (Å²) in [6.07, 6.45) is 3.15. The lowest BCUT2D eigenvalue weighted by Crippen LogP contribution is -2.07. The summed E-state index contributed by atoms with van der Waals surface area (Å²) >= 11 is 0. The number of aromatic nitrogens is 4. The van der Waals surface area contributed by atoms with Crippen LogP contribution in [0.25, 0.3) is 11.4 Å². The molecule has 0 saturated heterocycles. The first-order chi connectivity index (χ1) is 9.83. The van der Waals surface area contributed by atoms with Gasteiger partial charge in [-0.2, -0.15) is 0 Å². The van der Waals surface area contributed by atoms with Gasteiger partial charge >= 0.3 is 0 Å². The van der Waals surface area contributed by atoms with E-state index >= 15 is 0 Å². The number of nitrogen functional groups attached to an aromatic ring is 1. The van der Waals surface area contributed by atoms with E-state index in [-0.39, 0.29) is 0 Å². The fourth-order valence-electron chi connectivity index (χ4n) is 1.91. The zero-order valence-corrected chi connectivity index (χ0v) is 11.8. The summed E-state index contributed by atoms with van der Waals surface area (Å²) < 4.78 is 7.31. The lowest BCUT2D eigenvalue weighted by atomic mass is 10.1. The van der Waals surface area contributed by atoms with Gasteiger partial charge in [-0.05, 0) is 35.4 Å². The Bertz CT molecular complexity index is 526. The molecule has 1 aromatic carbocycles. The molecule has 20 heavy (non-hydrogen) atoms. The molecule has 1 heterocycles. The number of ether oxygens (including phenoxy) is 1. The van der Waals surface area contributed by atoms with Gasteiger partial charge in [-0.25, -0.2) is 4.68 Å². The molecule has 2 rings (SSSR count). The summed E-state index contributed by atoms with van der Waals surface area (Å²) in [7, 11) is 0. The molecule has 0 radical (unpaired) electrons. The maximum Gasteiger partial charge on any atom is 0.184 e. The van der Waals surface area contributed by atoms with Gasteiger partial charge in [0, 0.05) is 31.0 Å². The van der Waals surface area contributed by atoms with E-state index in [4.69, 9.17) is 10.5 Å². The molecule has 2 aromatic rings. The van der Waals surface area contributed by atoms with E-state index in [9.17, 15) is 0 Å². The van der Waals surface area contributed by atoms with Gasteiger partial charge in [0.1, 0.15) is 0 Å². The van der Waals surface area contributed by atoms with Gasteiger partial charge in [-0.3, -0.25) is 0 Å². The maximum atomic E-state index is 5.96. The Morgan fingerprint density at radius 2 is 2.00 bits per heavy atom. The minimum absolute atomic E-state index is 0.683. The van der Waals surface area contributed by atoms with E-state index in [0.717, 1.165) is 44.6 Å². The molecule has 0 fully saturated rings. The first-order valence-corrected chi connectivity index (χ1v) is 7.01. The Morgan fingerprint density at radius 3 is 2.80 bits per heavy atom.